The van der Waals surface area contributed by atoms with E-state index in [1.165, 1.54) is 5.56 Å². The van der Waals surface area contributed by atoms with Crippen molar-refractivity contribution in [2.45, 2.75) is 26.8 Å². The molecule has 0 amide bonds. The Hall–Kier alpha value is -0.570. The highest BCUT2D eigenvalue weighted by atomic mass is 35.5. The van der Waals surface area contributed by atoms with Gasteiger partial charge >= 0.3 is 0 Å². The quantitative estimate of drug-likeness (QED) is 0.883. The third-order valence-corrected chi connectivity index (χ3v) is 3.48. The van der Waals surface area contributed by atoms with Crippen LogP contribution in [0.2, 0.25) is 5.02 Å². The molecule has 1 saturated heterocycles. The number of hydrogen-bond acceptors (Lipinski definition) is 2. The largest absolute Gasteiger partial charge is 0.308 e. The van der Waals surface area contributed by atoms with Crippen molar-refractivity contribution >= 4 is 11.6 Å². The van der Waals surface area contributed by atoms with Gasteiger partial charge in [-0.15, -0.1) is 0 Å². The molecule has 0 bridgehead atoms. The van der Waals surface area contributed by atoms with Gasteiger partial charge in [0, 0.05) is 37.2 Å². The Bertz CT molecular complexity index is 380. The Morgan fingerprint density at radius 3 is 2.56 bits per heavy atom. The highest BCUT2D eigenvalue weighted by molar-refractivity contribution is 6.30. The van der Waals surface area contributed by atoms with Gasteiger partial charge in [0.2, 0.25) is 0 Å². The Labute approximate surface area is 115 Å². The molecule has 2 nitrogen and oxygen atoms in total. The zero-order valence-electron chi connectivity index (χ0n) is 11.5. The van der Waals surface area contributed by atoms with Crippen molar-refractivity contribution in [1.29, 1.82) is 0 Å². The molecule has 1 aromatic rings. The molecule has 1 aromatic carbocycles. The zero-order chi connectivity index (χ0) is 13.2. The summed E-state index contributed by atoms with van der Waals surface area (Å²) < 4.78 is 0. The van der Waals surface area contributed by atoms with E-state index in [0.717, 1.165) is 31.2 Å². The average molecular weight is 267 g/mol. The Morgan fingerprint density at radius 2 is 1.94 bits per heavy atom. The van der Waals surface area contributed by atoms with Crippen LogP contribution in [0.15, 0.2) is 24.3 Å². The number of rotatable bonds is 2. The summed E-state index contributed by atoms with van der Waals surface area (Å²) in [6, 6.07) is 8.63. The monoisotopic (exact) mass is 266 g/mol. The van der Waals surface area contributed by atoms with Crippen LogP contribution >= 0.6 is 11.6 Å². The van der Waals surface area contributed by atoms with Gasteiger partial charge in [0.15, 0.2) is 0 Å². The minimum atomic E-state index is 0.363. The molecule has 1 N–H and O–H groups in total. The van der Waals surface area contributed by atoms with Gasteiger partial charge in [-0.2, -0.15) is 0 Å². The van der Waals surface area contributed by atoms with Crippen LogP contribution in [-0.4, -0.2) is 31.1 Å². The Balaban J connectivity index is 2.00. The Morgan fingerprint density at radius 1 is 1.28 bits per heavy atom. The molecule has 1 heterocycles. The summed E-state index contributed by atoms with van der Waals surface area (Å²) in [7, 11) is 0. The van der Waals surface area contributed by atoms with Crippen LogP contribution in [0.1, 0.15) is 32.4 Å². The number of halogens is 1. The lowest BCUT2D eigenvalue weighted by Crippen LogP contribution is -2.48. The fraction of sp³-hybridized carbons (Fsp3) is 0.600. The van der Waals surface area contributed by atoms with Crippen LogP contribution in [0.4, 0.5) is 0 Å². The van der Waals surface area contributed by atoms with Gasteiger partial charge in [0.1, 0.15) is 0 Å². The van der Waals surface area contributed by atoms with E-state index in [2.05, 4.69) is 43.1 Å². The summed E-state index contributed by atoms with van der Waals surface area (Å²) in [6.45, 7) is 11.3. The number of benzene rings is 1. The molecule has 18 heavy (non-hydrogen) atoms. The van der Waals surface area contributed by atoms with Crippen molar-refractivity contribution in [2.75, 3.05) is 26.2 Å². The lowest BCUT2D eigenvalue weighted by molar-refractivity contribution is 0.147. The predicted molar refractivity (Wildman–Crippen MR) is 78.1 cm³/mol. The maximum absolute atomic E-state index is 5.94. The molecule has 0 spiro atoms. The second-order valence-electron chi connectivity index (χ2n) is 6.35. The highest BCUT2D eigenvalue weighted by Gasteiger charge is 2.23. The molecule has 1 aliphatic rings. The summed E-state index contributed by atoms with van der Waals surface area (Å²) in [5, 5.41) is 4.39. The van der Waals surface area contributed by atoms with Gasteiger partial charge in [-0.3, -0.25) is 4.90 Å². The van der Waals surface area contributed by atoms with Crippen molar-refractivity contribution < 1.29 is 0 Å². The molecule has 1 atom stereocenters. The fourth-order valence-electron chi connectivity index (χ4n) is 2.54. The predicted octanol–water partition coefficient (Wildman–Crippen LogP) is 3.33. The first kappa shape index (κ1) is 13.9. The summed E-state index contributed by atoms with van der Waals surface area (Å²) in [5.74, 6) is 0. The molecular formula is C15H23ClN2. The maximum atomic E-state index is 5.94. The van der Waals surface area contributed by atoms with E-state index >= 15 is 0 Å². The molecule has 1 unspecified atom stereocenters. The molecule has 0 aromatic heterocycles. The van der Waals surface area contributed by atoms with Gasteiger partial charge < -0.3 is 5.32 Å². The first-order valence-corrected chi connectivity index (χ1v) is 7.03. The molecule has 0 saturated carbocycles. The van der Waals surface area contributed by atoms with E-state index in [0.29, 0.717) is 11.5 Å². The Kier molecular flexibility index (Phi) is 4.31. The summed E-state index contributed by atoms with van der Waals surface area (Å²) in [5.41, 5.74) is 1.69. The number of nitrogens with one attached hydrogen (secondary N) is 1. The lowest BCUT2D eigenvalue weighted by Gasteiger charge is -2.37. The van der Waals surface area contributed by atoms with Crippen molar-refractivity contribution in [3.63, 3.8) is 0 Å². The van der Waals surface area contributed by atoms with E-state index in [1.54, 1.807) is 0 Å². The van der Waals surface area contributed by atoms with Crippen molar-refractivity contribution in [2.24, 2.45) is 5.41 Å². The van der Waals surface area contributed by atoms with E-state index < -0.39 is 0 Å². The molecule has 2 rings (SSSR count). The topological polar surface area (TPSA) is 15.3 Å². The molecule has 1 aliphatic heterocycles. The summed E-state index contributed by atoms with van der Waals surface area (Å²) >= 11 is 5.94. The lowest BCUT2D eigenvalue weighted by atomic mass is 9.94. The van der Waals surface area contributed by atoms with Crippen LogP contribution < -0.4 is 5.32 Å². The first-order chi connectivity index (χ1) is 8.44. The van der Waals surface area contributed by atoms with Crippen LogP contribution in [0.5, 0.6) is 0 Å². The molecule has 0 aliphatic carbocycles. The third-order valence-electron chi connectivity index (χ3n) is 3.23. The molecular weight excluding hydrogens is 244 g/mol. The normalized spacial score (nSPS) is 22.1. The second kappa shape index (κ2) is 5.60. The maximum Gasteiger partial charge on any atom is 0.0449 e. The standard InChI is InChI=1S/C15H23ClN2/c1-15(2,3)11-18-9-8-17-14(10-18)12-4-6-13(16)7-5-12/h4-7,14,17H,8-11H2,1-3H3. The summed E-state index contributed by atoms with van der Waals surface area (Å²) in [6.07, 6.45) is 0. The van der Waals surface area contributed by atoms with Gasteiger partial charge in [0.05, 0.1) is 0 Å². The molecule has 3 heteroatoms. The fourth-order valence-corrected chi connectivity index (χ4v) is 2.67. The average Bonchev–Trinajstić information content (AvgIpc) is 2.28. The SMILES string of the molecule is CC(C)(C)CN1CCNC(c2ccc(Cl)cc2)C1. The first-order valence-electron chi connectivity index (χ1n) is 6.65. The minimum Gasteiger partial charge on any atom is -0.308 e. The number of nitrogens with zero attached hydrogens (tertiary/aromatic N) is 1. The number of piperazine rings is 1. The van der Waals surface area contributed by atoms with Gasteiger partial charge in [0.25, 0.3) is 0 Å². The van der Waals surface area contributed by atoms with E-state index in [9.17, 15) is 0 Å². The van der Waals surface area contributed by atoms with Crippen LogP contribution in [0, 0.1) is 5.41 Å². The van der Waals surface area contributed by atoms with Crippen LogP contribution in [0.25, 0.3) is 0 Å². The van der Waals surface area contributed by atoms with E-state index in [4.69, 9.17) is 11.6 Å². The zero-order valence-corrected chi connectivity index (χ0v) is 12.3. The van der Waals surface area contributed by atoms with Crippen molar-refractivity contribution in [1.82, 2.24) is 10.2 Å². The van der Waals surface area contributed by atoms with Gasteiger partial charge in [-0.1, -0.05) is 44.5 Å². The molecule has 0 radical (unpaired) electrons. The minimum absolute atomic E-state index is 0.363. The molecule has 1 fully saturated rings. The smallest absolute Gasteiger partial charge is 0.0449 e. The van der Waals surface area contributed by atoms with Crippen molar-refractivity contribution in [3.8, 4) is 0 Å². The van der Waals surface area contributed by atoms with E-state index in [1.807, 2.05) is 12.1 Å². The van der Waals surface area contributed by atoms with Gasteiger partial charge in [-0.25, -0.2) is 0 Å². The van der Waals surface area contributed by atoms with Crippen molar-refractivity contribution in [3.05, 3.63) is 34.9 Å². The molecule has 100 valence electrons. The van der Waals surface area contributed by atoms with Crippen LogP contribution in [-0.2, 0) is 0 Å². The second-order valence-corrected chi connectivity index (χ2v) is 6.79. The third kappa shape index (κ3) is 3.98. The number of hydrogen-bond donors (Lipinski definition) is 1. The van der Waals surface area contributed by atoms with Crippen LogP contribution in [0.3, 0.4) is 0 Å². The summed E-state index contributed by atoms with van der Waals surface area (Å²) in [4.78, 5) is 2.55. The van der Waals surface area contributed by atoms with E-state index in [-0.39, 0.29) is 0 Å². The highest BCUT2D eigenvalue weighted by Crippen LogP contribution is 2.22. The van der Waals surface area contributed by atoms with Gasteiger partial charge in [-0.05, 0) is 23.1 Å².